The normalized spacial score (nSPS) is 10.3. The Morgan fingerprint density at radius 3 is 2.69 bits per heavy atom. The summed E-state index contributed by atoms with van der Waals surface area (Å²) in [5.41, 5.74) is 0.487. The number of hydrogen-bond acceptors (Lipinski definition) is 3. The van der Waals surface area contributed by atoms with Crippen LogP contribution >= 0.6 is 0 Å². The number of aromatic nitrogens is 1. The smallest absolute Gasteiger partial charge is 0.423 e. The monoisotopic (exact) mass is 173 g/mol. The lowest BCUT2D eigenvalue weighted by atomic mass is 9.79. The van der Waals surface area contributed by atoms with Crippen molar-refractivity contribution in [2.75, 3.05) is 0 Å². The highest BCUT2D eigenvalue weighted by atomic mass is 16.4. The molecule has 0 spiro atoms. The van der Waals surface area contributed by atoms with Gasteiger partial charge in [0.1, 0.15) is 0 Å². The molecular weight excluding hydrogens is 165 g/mol. The summed E-state index contributed by atoms with van der Waals surface area (Å²) >= 11 is 0. The van der Waals surface area contributed by atoms with Gasteiger partial charge >= 0.3 is 7.12 Å². The minimum atomic E-state index is -1.41. The van der Waals surface area contributed by atoms with Crippen molar-refractivity contribution in [2.45, 2.75) is 0 Å². The first-order chi connectivity index (χ1) is 6.27. The Morgan fingerprint density at radius 1 is 1.08 bits per heavy atom. The van der Waals surface area contributed by atoms with Crippen molar-refractivity contribution in [3.63, 3.8) is 0 Å². The van der Waals surface area contributed by atoms with Crippen LogP contribution in [-0.2, 0) is 0 Å². The highest BCUT2D eigenvalue weighted by Gasteiger charge is 2.10. The van der Waals surface area contributed by atoms with Crippen molar-refractivity contribution in [1.29, 1.82) is 0 Å². The van der Waals surface area contributed by atoms with E-state index in [0.29, 0.717) is 5.46 Å². The van der Waals surface area contributed by atoms with Gasteiger partial charge in [0.05, 0.1) is 0 Å². The fourth-order valence-corrected chi connectivity index (χ4v) is 1.26. The second-order valence-corrected chi connectivity index (χ2v) is 2.86. The number of pyridine rings is 1. The Kier molecular flexibility index (Phi) is 2.00. The molecule has 13 heavy (non-hydrogen) atoms. The van der Waals surface area contributed by atoms with Gasteiger partial charge in [0.25, 0.3) is 0 Å². The molecule has 0 radical (unpaired) electrons. The van der Waals surface area contributed by atoms with Crippen molar-refractivity contribution >= 4 is 23.4 Å². The van der Waals surface area contributed by atoms with Gasteiger partial charge in [0.15, 0.2) is 0 Å². The second-order valence-electron chi connectivity index (χ2n) is 2.86. The maximum absolute atomic E-state index is 8.92. The van der Waals surface area contributed by atoms with Gasteiger partial charge in [-0.05, 0) is 22.3 Å². The fraction of sp³-hybridized carbons (Fsp3) is 0. The molecule has 0 unspecified atom stereocenters. The predicted molar refractivity (Wildman–Crippen MR) is 51.6 cm³/mol. The Labute approximate surface area is 75.8 Å². The van der Waals surface area contributed by atoms with E-state index >= 15 is 0 Å². The van der Waals surface area contributed by atoms with E-state index in [1.807, 2.05) is 12.1 Å². The highest BCUT2D eigenvalue weighted by Crippen LogP contribution is 2.09. The number of benzene rings is 1. The molecule has 2 aromatic rings. The Morgan fingerprint density at radius 2 is 1.92 bits per heavy atom. The molecule has 4 heteroatoms. The summed E-state index contributed by atoms with van der Waals surface area (Å²) in [5.74, 6) is 0. The lowest BCUT2D eigenvalue weighted by Gasteiger charge is -2.00. The number of fused-ring (bicyclic) bond motifs is 1. The Hall–Kier alpha value is -1.39. The van der Waals surface area contributed by atoms with Crippen molar-refractivity contribution in [1.82, 2.24) is 4.98 Å². The van der Waals surface area contributed by atoms with Crippen molar-refractivity contribution in [2.24, 2.45) is 0 Å². The Bertz CT molecular complexity index is 431. The van der Waals surface area contributed by atoms with E-state index in [9.17, 15) is 0 Å². The van der Waals surface area contributed by atoms with E-state index in [1.54, 1.807) is 24.5 Å². The fourth-order valence-electron chi connectivity index (χ4n) is 1.26. The third kappa shape index (κ3) is 1.54. The van der Waals surface area contributed by atoms with Crippen molar-refractivity contribution in [3.8, 4) is 0 Å². The molecule has 0 atom stereocenters. The van der Waals surface area contributed by atoms with Crippen molar-refractivity contribution in [3.05, 3.63) is 36.7 Å². The molecule has 64 valence electrons. The van der Waals surface area contributed by atoms with Crippen LogP contribution in [0.4, 0.5) is 0 Å². The molecule has 0 bridgehead atoms. The summed E-state index contributed by atoms with van der Waals surface area (Å²) in [6, 6.07) is 7.12. The van der Waals surface area contributed by atoms with Crippen LogP contribution in [0.5, 0.6) is 0 Å². The molecule has 0 aliphatic carbocycles. The van der Waals surface area contributed by atoms with Gasteiger partial charge in [-0.3, -0.25) is 4.98 Å². The minimum absolute atomic E-state index is 0.487. The molecular formula is C9H8BNO2. The van der Waals surface area contributed by atoms with E-state index in [-0.39, 0.29) is 0 Å². The predicted octanol–water partition coefficient (Wildman–Crippen LogP) is -0.0854. The van der Waals surface area contributed by atoms with E-state index in [1.165, 1.54) is 0 Å². The molecule has 1 aromatic carbocycles. The van der Waals surface area contributed by atoms with Gasteiger partial charge in [-0.2, -0.15) is 0 Å². The van der Waals surface area contributed by atoms with E-state index < -0.39 is 7.12 Å². The zero-order valence-electron chi connectivity index (χ0n) is 6.88. The van der Waals surface area contributed by atoms with Crippen LogP contribution in [0.1, 0.15) is 0 Å². The summed E-state index contributed by atoms with van der Waals surface area (Å²) in [6.07, 6.45) is 3.40. The van der Waals surface area contributed by atoms with Gasteiger partial charge < -0.3 is 10.0 Å². The average Bonchev–Trinajstić information content (AvgIpc) is 2.17. The lowest BCUT2D eigenvalue weighted by Crippen LogP contribution is -2.29. The molecule has 0 saturated heterocycles. The molecule has 2 rings (SSSR count). The molecule has 0 fully saturated rings. The SMILES string of the molecule is OB(O)c1ccc2ccncc2c1. The number of rotatable bonds is 1. The third-order valence-corrected chi connectivity index (χ3v) is 1.96. The molecule has 3 nitrogen and oxygen atoms in total. The zero-order chi connectivity index (χ0) is 9.26. The Balaban J connectivity index is 2.62. The van der Waals surface area contributed by atoms with Gasteiger partial charge in [0, 0.05) is 12.4 Å². The summed E-state index contributed by atoms with van der Waals surface area (Å²) in [6.45, 7) is 0. The average molecular weight is 173 g/mol. The lowest BCUT2D eigenvalue weighted by molar-refractivity contribution is 0.426. The summed E-state index contributed by atoms with van der Waals surface area (Å²) in [5, 5.41) is 19.8. The van der Waals surface area contributed by atoms with Crippen LogP contribution in [0.3, 0.4) is 0 Å². The molecule has 0 aliphatic rings. The molecule has 0 aliphatic heterocycles. The van der Waals surface area contributed by atoms with Crippen LogP contribution in [0.25, 0.3) is 10.8 Å². The van der Waals surface area contributed by atoms with Gasteiger partial charge in [-0.1, -0.05) is 18.2 Å². The van der Waals surface area contributed by atoms with Crippen LogP contribution in [0.15, 0.2) is 36.7 Å². The first kappa shape index (κ1) is 8.22. The maximum atomic E-state index is 8.92. The van der Waals surface area contributed by atoms with Gasteiger partial charge in [0.2, 0.25) is 0 Å². The number of nitrogens with zero attached hydrogens (tertiary/aromatic N) is 1. The van der Waals surface area contributed by atoms with Crippen molar-refractivity contribution < 1.29 is 10.0 Å². The maximum Gasteiger partial charge on any atom is 0.488 e. The summed E-state index contributed by atoms with van der Waals surface area (Å²) < 4.78 is 0. The van der Waals surface area contributed by atoms with Crippen LogP contribution in [0, 0.1) is 0 Å². The molecule has 1 aromatic heterocycles. The molecule has 1 heterocycles. The molecule has 2 N–H and O–H groups in total. The van der Waals surface area contributed by atoms with E-state index in [2.05, 4.69) is 4.98 Å². The molecule has 0 saturated carbocycles. The van der Waals surface area contributed by atoms with Crippen LogP contribution in [-0.4, -0.2) is 22.2 Å². The largest absolute Gasteiger partial charge is 0.488 e. The number of hydrogen-bond donors (Lipinski definition) is 2. The topological polar surface area (TPSA) is 53.4 Å². The van der Waals surface area contributed by atoms with Crippen LogP contribution in [0.2, 0.25) is 0 Å². The first-order valence-electron chi connectivity index (χ1n) is 3.97. The first-order valence-corrected chi connectivity index (χ1v) is 3.97. The quantitative estimate of drug-likeness (QED) is 0.592. The zero-order valence-corrected chi connectivity index (χ0v) is 6.88. The third-order valence-electron chi connectivity index (χ3n) is 1.96. The summed E-state index contributed by atoms with van der Waals surface area (Å²) in [4.78, 5) is 3.95. The molecule has 0 amide bonds. The van der Waals surface area contributed by atoms with Crippen LogP contribution < -0.4 is 5.46 Å². The van der Waals surface area contributed by atoms with E-state index in [4.69, 9.17) is 10.0 Å². The van der Waals surface area contributed by atoms with E-state index in [0.717, 1.165) is 10.8 Å². The second kappa shape index (κ2) is 3.16. The summed E-state index contributed by atoms with van der Waals surface area (Å²) in [7, 11) is -1.41. The van der Waals surface area contributed by atoms with Gasteiger partial charge in [-0.25, -0.2) is 0 Å². The standard InChI is InChI=1S/C9H8BNO2/c12-10(13)9-2-1-7-3-4-11-6-8(7)5-9/h1-6,12-13H. The minimum Gasteiger partial charge on any atom is -0.423 e. The highest BCUT2D eigenvalue weighted by molar-refractivity contribution is 6.58. The van der Waals surface area contributed by atoms with Gasteiger partial charge in [-0.15, -0.1) is 0 Å².